The number of ether oxygens (including phenoxy) is 1. The highest BCUT2D eigenvalue weighted by Crippen LogP contribution is 2.23. The van der Waals surface area contributed by atoms with Crippen molar-refractivity contribution in [1.82, 2.24) is 0 Å². The summed E-state index contributed by atoms with van der Waals surface area (Å²) in [5.74, 6) is 0. The number of hydrogen-bond donors (Lipinski definition) is 5. The van der Waals surface area contributed by atoms with E-state index in [2.05, 4.69) is 13.1 Å². The van der Waals surface area contributed by atoms with Crippen molar-refractivity contribution in [3.63, 3.8) is 0 Å². The van der Waals surface area contributed by atoms with Crippen molar-refractivity contribution in [3.8, 4) is 0 Å². The lowest BCUT2D eigenvalue weighted by Crippen LogP contribution is -2.60. The lowest BCUT2D eigenvalue weighted by molar-refractivity contribution is -0.279. The van der Waals surface area contributed by atoms with Gasteiger partial charge in [0.15, 0.2) is 12.4 Å². The van der Waals surface area contributed by atoms with Gasteiger partial charge in [-0.15, -0.1) is 0 Å². The Hall–Kier alpha value is -0.420. The van der Waals surface area contributed by atoms with E-state index >= 15 is 0 Å². The van der Waals surface area contributed by atoms with E-state index in [1.165, 1.54) is 0 Å². The van der Waals surface area contributed by atoms with E-state index in [9.17, 15) is 32.2 Å². The Kier molecular flexibility index (Phi) is 5.41. The van der Waals surface area contributed by atoms with Gasteiger partial charge in [-0.25, -0.2) is 8.37 Å². The molecular formula is C6H12O12S2. The van der Waals surface area contributed by atoms with Crippen LogP contribution in [0.15, 0.2) is 0 Å². The number of aliphatic hydroxyl groups excluding tert-OH is 3. The molecule has 1 saturated heterocycles. The minimum Gasteiger partial charge on any atom is -0.387 e. The molecule has 1 rings (SSSR count). The van der Waals surface area contributed by atoms with Gasteiger partial charge in [-0.05, 0) is 0 Å². The van der Waals surface area contributed by atoms with Crippen LogP contribution in [-0.2, 0) is 33.9 Å². The first-order valence-corrected chi connectivity index (χ1v) is 7.61. The van der Waals surface area contributed by atoms with E-state index in [4.69, 9.17) is 9.11 Å². The third-order valence-corrected chi connectivity index (χ3v) is 3.18. The second-order valence-corrected chi connectivity index (χ2v) is 5.89. The summed E-state index contributed by atoms with van der Waals surface area (Å²) in [6.07, 6.45) is -9.74. The molecule has 12 nitrogen and oxygen atoms in total. The van der Waals surface area contributed by atoms with E-state index in [0.717, 1.165) is 0 Å². The zero-order valence-electron chi connectivity index (χ0n) is 9.50. The fourth-order valence-corrected chi connectivity index (χ4v) is 2.25. The maximum atomic E-state index is 10.5. The molecular weight excluding hydrogens is 328 g/mol. The smallest absolute Gasteiger partial charge is 0.387 e. The third-order valence-electron chi connectivity index (χ3n) is 2.28. The van der Waals surface area contributed by atoms with Gasteiger partial charge in [0, 0.05) is 0 Å². The minimum atomic E-state index is -5.04. The van der Waals surface area contributed by atoms with Gasteiger partial charge in [-0.2, -0.15) is 16.8 Å². The summed E-state index contributed by atoms with van der Waals surface area (Å²) in [6.45, 7) is -0.966. The van der Waals surface area contributed by atoms with Gasteiger partial charge in [0.2, 0.25) is 0 Å². The van der Waals surface area contributed by atoms with Crippen molar-refractivity contribution in [1.29, 1.82) is 0 Å². The van der Waals surface area contributed by atoms with Crippen LogP contribution in [0.25, 0.3) is 0 Å². The molecule has 0 aromatic carbocycles. The first-order valence-electron chi connectivity index (χ1n) is 4.88. The second kappa shape index (κ2) is 6.14. The Morgan fingerprint density at radius 3 is 1.95 bits per heavy atom. The monoisotopic (exact) mass is 340 g/mol. The summed E-state index contributed by atoms with van der Waals surface area (Å²) in [4.78, 5) is 0. The second-order valence-electron chi connectivity index (χ2n) is 3.75. The summed E-state index contributed by atoms with van der Waals surface area (Å²) in [7, 11) is -9.89. The first-order chi connectivity index (χ1) is 8.91. The summed E-state index contributed by atoms with van der Waals surface area (Å²) in [5, 5.41) is 28.4. The van der Waals surface area contributed by atoms with E-state index in [1.807, 2.05) is 0 Å². The zero-order chi connectivity index (χ0) is 15.7. The zero-order valence-corrected chi connectivity index (χ0v) is 11.1. The Morgan fingerprint density at radius 2 is 1.50 bits per heavy atom. The van der Waals surface area contributed by atoms with E-state index in [0.29, 0.717) is 0 Å². The summed E-state index contributed by atoms with van der Waals surface area (Å²) >= 11 is 0. The Morgan fingerprint density at radius 1 is 0.950 bits per heavy atom. The van der Waals surface area contributed by atoms with Gasteiger partial charge in [-0.3, -0.25) is 9.11 Å². The molecule has 1 aliphatic rings. The third kappa shape index (κ3) is 5.17. The topological polar surface area (TPSA) is 197 Å². The normalized spacial score (nSPS) is 36.0. The molecule has 0 aromatic rings. The summed E-state index contributed by atoms with van der Waals surface area (Å²) < 4.78 is 70.7. The molecule has 5 N–H and O–H groups in total. The molecule has 14 heteroatoms. The predicted molar refractivity (Wildman–Crippen MR) is 56.8 cm³/mol. The molecule has 0 bridgehead atoms. The molecule has 120 valence electrons. The number of rotatable bonds is 5. The molecule has 1 aliphatic heterocycles. The highest BCUT2D eigenvalue weighted by molar-refractivity contribution is 7.81. The molecule has 0 unspecified atom stereocenters. The fraction of sp³-hybridized carbons (Fsp3) is 1.00. The highest BCUT2D eigenvalue weighted by atomic mass is 32.3. The maximum absolute atomic E-state index is 10.5. The van der Waals surface area contributed by atoms with Gasteiger partial charge in [0.25, 0.3) is 0 Å². The summed E-state index contributed by atoms with van der Waals surface area (Å²) in [5.41, 5.74) is 0. The average Bonchev–Trinajstić information content (AvgIpc) is 2.25. The minimum absolute atomic E-state index is 0.966. The SMILES string of the molecule is O=S(=O)(O)OC[C@H]1O[C@H](O)[C@H](OS(=O)(=O)O)[C@@H](O)[C@@H]1O. The van der Waals surface area contributed by atoms with Crippen molar-refractivity contribution in [2.75, 3.05) is 6.61 Å². The van der Waals surface area contributed by atoms with Gasteiger partial charge in [0.1, 0.15) is 18.3 Å². The van der Waals surface area contributed by atoms with Gasteiger partial charge < -0.3 is 20.1 Å². The average molecular weight is 340 g/mol. The van der Waals surface area contributed by atoms with Crippen LogP contribution in [-0.4, -0.2) is 78.6 Å². The lowest BCUT2D eigenvalue weighted by Gasteiger charge is -2.38. The molecule has 0 amide bonds. The van der Waals surface area contributed by atoms with Crippen molar-refractivity contribution >= 4 is 20.8 Å². The van der Waals surface area contributed by atoms with Gasteiger partial charge >= 0.3 is 20.8 Å². The fourth-order valence-electron chi connectivity index (χ4n) is 1.46. The lowest BCUT2D eigenvalue weighted by atomic mass is 9.99. The van der Waals surface area contributed by atoms with Crippen LogP contribution in [0.4, 0.5) is 0 Å². The van der Waals surface area contributed by atoms with Crippen molar-refractivity contribution in [2.45, 2.75) is 30.7 Å². The Bertz CT molecular complexity index is 522. The summed E-state index contributed by atoms with van der Waals surface area (Å²) in [6, 6.07) is 0. The van der Waals surface area contributed by atoms with E-state index in [1.54, 1.807) is 0 Å². The number of aliphatic hydroxyl groups is 3. The Labute approximate surface area is 113 Å². The molecule has 0 radical (unpaired) electrons. The molecule has 0 aromatic heterocycles. The highest BCUT2D eigenvalue weighted by Gasteiger charge is 2.47. The number of hydrogen-bond acceptors (Lipinski definition) is 10. The first kappa shape index (κ1) is 17.6. The van der Waals surface area contributed by atoms with Crippen LogP contribution >= 0.6 is 0 Å². The molecule has 1 heterocycles. The molecule has 0 aliphatic carbocycles. The predicted octanol–water partition coefficient (Wildman–Crippen LogP) is -3.57. The van der Waals surface area contributed by atoms with Crippen molar-refractivity contribution < 1.29 is 54.4 Å². The van der Waals surface area contributed by atoms with Crippen LogP contribution in [0.2, 0.25) is 0 Å². The largest absolute Gasteiger partial charge is 0.397 e. The molecule has 5 atom stereocenters. The van der Waals surface area contributed by atoms with E-state index in [-0.39, 0.29) is 0 Å². The van der Waals surface area contributed by atoms with E-state index < -0.39 is 58.1 Å². The standard InChI is InChI=1S/C6H12O12S2/c7-3-2(1-16-19(10,11)12)17-6(9)5(4(3)8)18-20(13,14)15/h2-9H,1H2,(H,10,11,12)(H,13,14,15)/t2-,3-,4+,5-,6+/m1/s1. The van der Waals surface area contributed by atoms with Crippen molar-refractivity contribution in [2.24, 2.45) is 0 Å². The quantitative estimate of drug-likeness (QED) is 0.309. The van der Waals surface area contributed by atoms with Crippen LogP contribution in [0.3, 0.4) is 0 Å². The molecule has 0 spiro atoms. The van der Waals surface area contributed by atoms with Crippen LogP contribution < -0.4 is 0 Å². The van der Waals surface area contributed by atoms with Crippen LogP contribution in [0.5, 0.6) is 0 Å². The van der Waals surface area contributed by atoms with Crippen molar-refractivity contribution in [3.05, 3.63) is 0 Å². The van der Waals surface area contributed by atoms with Gasteiger partial charge in [-0.1, -0.05) is 0 Å². The molecule has 0 saturated carbocycles. The van der Waals surface area contributed by atoms with Crippen LogP contribution in [0, 0.1) is 0 Å². The molecule has 20 heavy (non-hydrogen) atoms. The maximum Gasteiger partial charge on any atom is 0.397 e. The van der Waals surface area contributed by atoms with Gasteiger partial charge in [0.05, 0.1) is 6.61 Å². The van der Waals surface area contributed by atoms with Crippen LogP contribution in [0.1, 0.15) is 0 Å². The molecule has 1 fully saturated rings. The Balaban J connectivity index is 2.76.